The fraction of sp³-hybridized carbons (Fsp3) is 0.714. The summed E-state index contributed by atoms with van der Waals surface area (Å²) in [6.07, 6.45) is 16.6. The molecule has 1 heterocycles. The maximum Gasteiger partial charge on any atom is 0.0504 e. The van der Waals surface area contributed by atoms with E-state index in [4.69, 9.17) is 0 Å². The summed E-state index contributed by atoms with van der Waals surface area (Å²) in [6, 6.07) is 0. The highest BCUT2D eigenvalue weighted by atomic mass is 31.1. The summed E-state index contributed by atoms with van der Waals surface area (Å²) in [5, 5.41) is 1.74. The average Bonchev–Trinajstić information content (AvgIpc) is 3.02. The second kappa shape index (κ2) is 4.42. The highest BCUT2D eigenvalue weighted by Gasteiger charge is 2.28. The molecule has 0 aromatic carbocycles. The molecule has 1 aliphatic heterocycles. The van der Waals surface area contributed by atoms with E-state index >= 15 is 0 Å². The van der Waals surface area contributed by atoms with Crippen LogP contribution in [0.2, 0.25) is 0 Å². The quantitative estimate of drug-likeness (QED) is 0.596. The van der Waals surface area contributed by atoms with Crippen LogP contribution in [0.15, 0.2) is 12.2 Å². The molecule has 3 rings (SSSR count). The maximum atomic E-state index is 2.45. The monoisotopic (exact) mass is 219 g/mol. The first-order valence-corrected chi connectivity index (χ1v) is 7.46. The molecule has 15 heavy (non-hydrogen) atoms. The van der Waals surface area contributed by atoms with Crippen molar-refractivity contribution in [1.82, 2.24) is 0 Å². The predicted octanol–water partition coefficient (Wildman–Crippen LogP) is 4.59. The second-order valence-corrected chi connectivity index (χ2v) is 6.51. The summed E-state index contributed by atoms with van der Waals surface area (Å²) in [6.45, 7) is 0. The Balaban J connectivity index is 1.66. The SMILES string of the molecule is C1=CC(C2CCCC2)=P[C]1C1CCCC1. The summed E-state index contributed by atoms with van der Waals surface area (Å²) < 4.78 is 0. The highest BCUT2D eigenvalue weighted by Crippen LogP contribution is 2.45. The zero-order valence-corrected chi connectivity index (χ0v) is 10.3. The highest BCUT2D eigenvalue weighted by molar-refractivity contribution is 7.45. The van der Waals surface area contributed by atoms with E-state index in [9.17, 15) is 0 Å². The van der Waals surface area contributed by atoms with Crippen LogP contribution in [0.1, 0.15) is 51.4 Å². The third-order valence-corrected chi connectivity index (χ3v) is 5.77. The van der Waals surface area contributed by atoms with E-state index in [2.05, 4.69) is 12.2 Å². The third-order valence-electron chi connectivity index (χ3n) is 4.23. The van der Waals surface area contributed by atoms with E-state index in [1.807, 2.05) is 0 Å². The molecule has 0 aromatic rings. The molecule has 0 nitrogen and oxygen atoms in total. The Morgan fingerprint density at radius 2 is 1.40 bits per heavy atom. The van der Waals surface area contributed by atoms with Crippen molar-refractivity contribution in [3.8, 4) is 0 Å². The van der Waals surface area contributed by atoms with Crippen LogP contribution < -0.4 is 0 Å². The summed E-state index contributed by atoms with van der Waals surface area (Å²) in [7, 11) is 1.60. The number of hydrogen-bond acceptors (Lipinski definition) is 0. The van der Waals surface area contributed by atoms with E-state index in [1.165, 1.54) is 51.4 Å². The number of hydrogen-bond donors (Lipinski definition) is 0. The predicted molar refractivity (Wildman–Crippen MR) is 68.2 cm³/mol. The van der Waals surface area contributed by atoms with Crippen LogP contribution >= 0.6 is 8.20 Å². The van der Waals surface area contributed by atoms with Crippen LogP contribution in [-0.2, 0) is 0 Å². The molecular weight excluding hydrogens is 199 g/mol. The lowest BCUT2D eigenvalue weighted by atomic mass is 10.0. The van der Waals surface area contributed by atoms with E-state index in [0.29, 0.717) is 0 Å². The smallest absolute Gasteiger partial charge is 0.0504 e. The molecule has 0 atom stereocenters. The van der Waals surface area contributed by atoms with Gasteiger partial charge in [-0.15, -0.1) is 0 Å². The van der Waals surface area contributed by atoms with Gasteiger partial charge < -0.3 is 0 Å². The molecule has 0 amide bonds. The minimum absolute atomic E-state index is 0.946. The Morgan fingerprint density at radius 1 is 0.800 bits per heavy atom. The molecule has 0 bridgehead atoms. The maximum absolute atomic E-state index is 2.45. The lowest BCUT2D eigenvalue weighted by molar-refractivity contribution is 0.636. The Labute approximate surface area is 94.9 Å². The molecule has 2 saturated carbocycles. The van der Waals surface area contributed by atoms with Crippen LogP contribution in [0, 0.1) is 17.5 Å². The van der Waals surface area contributed by atoms with Crippen LogP contribution in [0.5, 0.6) is 0 Å². The first-order chi connectivity index (χ1) is 7.43. The molecule has 0 aromatic heterocycles. The molecule has 0 unspecified atom stereocenters. The van der Waals surface area contributed by atoms with Gasteiger partial charge in [0.25, 0.3) is 0 Å². The lowest BCUT2D eigenvalue weighted by Gasteiger charge is -2.12. The van der Waals surface area contributed by atoms with Gasteiger partial charge in [-0.1, -0.05) is 46.0 Å². The molecule has 0 spiro atoms. The van der Waals surface area contributed by atoms with Gasteiger partial charge in [0.15, 0.2) is 0 Å². The topological polar surface area (TPSA) is 0 Å². The molecule has 3 aliphatic rings. The number of rotatable bonds is 2. The largest absolute Gasteiger partial charge is 0.0877 e. The summed E-state index contributed by atoms with van der Waals surface area (Å²) in [5.74, 6) is 1.89. The molecule has 81 valence electrons. The van der Waals surface area contributed by atoms with Crippen LogP contribution in [-0.4, -0.2) is 5.29 Å². The minimum Gasteiger partial charge on any atom is -0.0877 e. The van der Waals surface area contributed by atoms with E-state index in [-0.39, 0.29) is 0 Å². The van der Waals surface area contributed by atoms with Crippen molar-refractivity contribution in [3.63, 3.8) is 0 Å². The first kappa shape index (κ1) is 10.1. The van der Waals surface area contributed by atoms with Crippen molar-refractivity contribution in [1.29, 1.82) is 0 Å². The van der Waals surface area contributed by atoms with Gasteiger partial charge in [0, 0.05) is 0 Å². The van der Waals surface area contributed by atoms with Crippen LogP contribution in [0.4, 0.5) is 0 Å². The van der Waals surface area contributed by atoms with E-state index in [1.54, 1.807) is 19.2 Å². The van der Waals surface area contributed by atoms with Crippen molar-refractivity contribution in [2.24, 2.45) is 11.8 Å². The molecule has 2 aliphatic carbocycles. The Bertz CT molecular complexity index is 278. The van der Waals surface area contributed by atoms with Crippen molar-refractivity contribution in [3.05, 3.63) is 17.8 Å². The first-order valence-electron chi connectivity index (χ1n) is 6.57. The standard InChI is InChI=1S/C14H20P/c1-2-6-11(5-1)13-9-10-14(15-13)12-7-3-4-8-12/h9-12H,1-8H2. The van der Waals surface area contributed by atoms with E-state index < -0.39 is 0 Å². The van der Waals surface area contributed by atoms with Gasteiger partial charge in [0.2, 0.25) is 0 Å². The molecule has 2 fully saturated rings. The summed E-state index contributed by atoms with van der Waals surface area (Å²) in [4.78, 5) is 0. The Hall–Kier alpha value is -0.0900. The zero-order valence-electron chi connectivity index (χ0n) is 9.41. The van der Waals surface area contributed by atoms with Gasteiger partial charge in [-0.05, 0) is 42.8 Å². The lowest BCUT2D eigenvalue weighted by Crippen LogP contribution is -2.03. The van der Waals surface area contributed by atoms with Gasteiger partial charge >= 0.3 is 0 Å². The zero-order chi connectivity index (χ0) is 10.1. The van der Waals surface area contributed by atoms with Gasteiger partial charge in [-0.3, -0.25) is 0 Å². The molecule has 0 N–H and O–H groups in total. The van der Waals surface area contributed by atoms with Gasteiger partial charge in [-0.25, -0.2) is 0 Å². The van der Waals surface area contributed by atoms with Crippen molar-refractivity contribution in [2.75, 3.05) is 0 Å². The van der Waals surface area contributed by atoms with Crippen molar-refractivity contribution in [2.45, 2.75) is 51.4 Å². The third kappa shape index (κ3) is 2.07. The Morgan fingerprint density at radius 3 is 2.07 bits per heavy atom. The fourth-order valence-corrected chi connectivity index (χ4v) is 4.77. The normalized spacial score (nSPS) is 30.3. The van der Waals surface area contributed by atoms with Gasteiger partial charge in [0.1, 0.15) is 0 Å². The van der Waals surface area contributed by atoms with E-state index in [0.717, 1.165) is 11.8 Å². The summed E-state index contributed by atoms with van der Waals surface area (Å²) in [5.41, 5.74) is 1.74. The van der Waals surface area contributed by atoms with Gasteiger partial charge in [-0.2, -0.15) is 0 Å². The minimum atomic E-state index is 0.946. The summed E-state index contributed by atoms with van der Waals surface area (Å²) >= 11 is 0. The molecule has 1 heteroatoms. The van der Waals surface area contributed by atoms with Crippen molar-refractivity contribution < 1.29 is 0 Å². The molecule has 0 saturated heterocycles. The average molecular weight is 219 g/mol. The van der Waals surface area contributed by atoms with Crippen LogP contribution in [0.3, 0.4) is 0 Å². The van der Waals surface area contributed by atoms with Crippen LogP contribution in [0.25, 0.3) is 0 Å². The number of allylic oxidation sites excluding steroid dienone is 2. The Kier molecular flexibility index (Phi) is 2.97. The van der Waals surface area contributed by atoms with Crippen molar-refractivity contribution >= 4 is 13.5 Å². The van der Waals surface area contributed by atoms with Gasteiger partial charge in [0.05, 0.1) is 5.66 Å². The fourth-order valence-electron chi connectivity index (χ4n) is 3.29. The second-order valence-electron chi connectivity index (χ2n) is 5.26. The molecule has 1 radical (unpaired) electrons. The molecular formula is C14H20P.